The van der Waals surface area contributed by atoms with Crippen LogP contribution in [0.15, 0.2) is 72.9 Å². The summed E-state index contributed by atoms with van der Waals surface area (Å²) in [4.78, 5) is 38.5. The van der Waals surface area contributed by atoms with Crippen molar-refractivity contribution in [2.45, 2.75) is 367 Å². The van der Waals surface area contributed by atoms with Crippen molar-refractivity contribution in [2.24, 2.45) is 0 Å². The molecular weight excluding hydrogens is 985 g/mol. The maximum Gasteiger partial charge on any atom is 0.306 e. The van der Waals surface area contributed by atoms with Gasteiger partial charge in [-0.25, -0.2) is 0 Å². The molecule has 464 valence electrons. The molecule has 0 N–H and O–H groups in total. The monoisotopic (exact) mass is 1120 g/mol. The van der Waals surface area contributed by atoms with E-state index in [1.54, 1.807) is 0 Å². The van der Waals surface area contributed by atoms with E-state index in [2.05, 4.69) is 93.7 Å². The van der Waals surface area contributed by atoms with Crippen LogP contribution < -0.4 is 0 Å². The summed E-state index contributed by atoms with van der Waals surface area (Å²) in [6.07, 6.45) is 89.2. The molecule has 0 saturated heterocycles. The summed E-state index contributed by atoms with van der Waals surface area (Å²) in [7, 11) is 0. The molecule has 0 heterocycles. The molecule has 1 unspecified atom stereocenters. The predicted octanol–water partition coefficient (Wildman–Crippen LogP) is 24.1. The molecule has 0 bridgehead atoms. The lowest BCUT2D eigenvalue weighted by atomic mass is 10.0. The first-order valence-electron chi connectivity index (χ1n) is 34.9. The molecule has 0 radical (unpaired) electrons. The number of allylic oxidation sites excluding steroid dienone is 12. The molecule has 0 amide bonds. The van der Waals surface area contributed by atoms with Crippen LogP contribution in [0, 0.1) is 0 Å². The minimum absolute atomic E-state index is 0.0790. The largest absolute Gasteiger partial charge is 0.462 e. The first-order valence-corrected chi connectivity index (χ1v) is 34.9. The number of carbonyl (C=O) groups excluding carboxylic acids is 3. The van der Waals surface area contributed by atoms with Gasteiger partial charge in [-0.05, 0) is 109 Å². The second-order valence-electron chi connectivity index (χ2n) is 23.4. The predicted molar refractivity (Wildman–Crippen MR) is 348 cm³/mol. The van der Waals surface area contributed by atoms with E-state index in [9.17, 15) is 14.4 Å². The molecule has 0 aromatic carbocycles. The van der Waals surface area contributed by atoms with Gasteiger partial charge in [0, 0.05) is 19.3 Å². The fourth-order valence-corrected chi connectivity index (χ4v) is 10.2. The Kier molecular flexibility index (Phi) is 65.7. The number of ether oxygens (including phenoxy) is 3. The van der Waals surface area contributed by atoms with Gasteiger partial charge in [0.2, 0.25) is 0 Å². The highest BCUT2D eigenvalue weighted by molar-refractivity contribution is 5.71. The van der Waals surface area contributed by atoms with Crippen LogP contribution in [0.1, 0.15) is 361 Å². The molecular formula is C74H132O6. The molecule has 0 spiro atoms. The fourth-order valence-electron chi connectivity index (χ4n) is 10.2. The molecule has 0 aromatic heterocycles. The Morgan fingerprint density at radius 3 is 0.775 bits per heavy atom. The zero-order valence-corrected chi connectivity index (χ0v) is 53.3. The highest BCUT2D eigenvalue weighted by Crippen LogP contribution is 2.17. The Hall–Kier alpha value is -3.15. The summed E-state index contributed by atoms with van der Waals surface area (Å²) in [5, 5.41) is 0. The summed E-state index contributed by atoms with van der Waals surface area (Å²) in [6, 6.07) is 0. The average Bonchev–Trinajstić information content (AvgIpc) is 3.46. The summed E-state index contributed by atoms with van der Waals surface area (Å²) in [6.45, 7) is 6.56. The molecule has 80 heavy (non-hydrogen) atoms. The smallest absolute Gasteiger partial charge is 0.306 e. The molecule has 0 rings (SSSR count). The van der Waals surface area contributed by atoms with Crippen molar-refractivity contribution in [1.82, 2.24) is 0 Å². The number of carbonyl (C=O) groups is 3. The number of hydrogen-bond acceptors (Lipinski definition) is 6. The van der Waals surface area contributed by atoms with Crippen LogP contribution in [0.25, 0.3) is 0 Å². The van der Waals surface area contributed by atoms with E-state index < -0.39 is 6.10 Å². The Morgan fingerprint density at radius 1 is 0.263 bits per heavy atom. The Bertz CT molecular complexity index is 1470. The van der Waals surface area contributed by atoms with Crippen molar-refractivity contribution >= 4 is 17.9 Å². The van der Waals surface area contributed by atoms with Crippen molar-refractivity contribution < 1.29 is 28.6 Å². The van der Waals surface area contributed by atoms with E-state index in [0.29, 0.717) is 19.3 Å². The van der Waals surface area contributed by atoms with Crippen LogP contribution in [0.5, 0.6) is 0 Å². The van der Waals surface area contributed by atoms with Gasteiger partial charge in [0.25, 0.3) is 0 Å². The van der Waals surface area contributed by atoms with Gasteiger partial charge >= 0.3 is 17.9 Å². The Morgan fingerprint density at radius 2 is 0.487 bits per heavy atom. The van der Waals surface area contributed by atoms with Crippen molar-refractivity contribution in [3.05, 3.63) is 72.9 Å². The van der Waals surface area contributed by atoms with Gasteiger partial charge in [0.15, 0.2) is 6.10 Å². The third kappa shape index (κ3) is 65.7. The van der Waals surface area contributed by atoms with Crippen molar-refractivity contribution in [2.75, 3.05) is 13.2 Å². The van der Waals surface area contributed by atoms with E-state index in [1.165, 1.54) is 225 Å². The van der Waals surface area contributed by atoms with Crippen LogP contribution >= 0.6 is 0 Å². The number of unbranched alkanes of at least 4 members (excludes halogenated alkanes) is 41. The lowest BCUT2D eigenvalue weighted by Crippen LogP contribution is -2.30. The molecule has 6 nitrogen and oxygen atoms in total. The zero-order valence-electron chi connectivity index (χ0n) is 53.3. The van der Waals surface area contributed by atoms with Gasteiger partial charge in [-0.1, -0.05) is 306 Å². The highest BCUT2D eigenvalue weighted by Gasteiger charge is 2.19. The molecule has 0 aliphatic carbocycles. The van der Waals surface area contributed by atoms with E-state index >= 15 is 0 Å². The van der Waals surface area contributed by atoms with Gasteiger partial charge in [-0.2, -0.15) is 0 Å². The van der Waals surface area contributed by atoms with Crippen molar-refractivity contribution in [3.63, 3.8) is 0 Å². The Labute approximate surface area is 497 Å². The molecule has 0 aliphatic rings. The number of hydrogen-bond donors (Lipinski definition) is 0. The minimum atomic E-state index is -0.785. The van der Waals surface area contributed by atoms with Crippen LogP contribution in [-0.2, 0) is 28.6 Å². The summed E-state index contributed by atoms with van der Waals surface area (Å²) in [5.74, 6) is -0.876. The molecule has 0 aliphatic heterocycles. The lowest BCUT2D eigenvalue weighted by Gasteiger charge is -2.18. The standard InChI is InChI=1S/C74H132O6/c1-4-7-10-13-16-19-22-25-28-31-33-35-36-37-38-40-41-43-46-49-52-55-58-61-64-67-73(76)79-70-71(69-78-72(75)66-63-60-57-54-51-48-45-30-27-24-21-18-15-12-9-6-3)80-74(77)68-65-62-59-56-53-50-47-44-42-39-34-32-29-26-23-20-17-14-11-8-5-2/h8,11,17,20,26,29-31,33-34,39,45,71H,4-7,9-10,12-16,18-19,21-25,27-28,32,35-38,40-44,46-70H2,1-3H3/b11-8-,20-17-,29-26-,33-31-,39-34-,45-30-. The highest BCUT2D eigenvalue weighted by atomic mass is 16.6. The van der Waals surface area contributed by atoms with Crippen molar-refractivity contribution in [1.29, 1.82) is 0 Å². The third-order valence-corrected chi connectivity index (χ3v) is 15.4. The van der Waals surface area contributed by atoms with E-state index in [4.69, 9.17) is 14.2 Å². The van der Waals surface area contributed by atoms with E-state index in [0.717, 1.165) is 96.3 Å². The maximum atomic E-state index is 13.0. The second-order valence-corrected chi connectivity index (χ2v) is 23.4. The normalized spacial score (nSPS) is 12.5. The average molecular weight is 1120 g/mol. The third-order valence-electron chi connectivity index (χ3n) is 15.4. The molecule has 0 aromatic rings. The topological polar surface area (TPSA) is 78.9 Å². The van der Waals surface area contributed by atoms with Gasteiger partial charge in [-0.3, -0.25) is 14.4 Å². The number of esters is 3. The first kappa shape index (κ1) is 76.9. The van der Waals surface area contributed by atoms with Crippen LogP contribution in [0.2, 0.25) is 0 Å². The SMILES string of the molecule is CC/C=C\C/C=C\C/C=C\C/C=C\CCCCCCCCCCC(=O)OC(COC(=O)CCCCCCC/C=C\CCCCCCCCC)COC(=O)CCCCCCCCCCCCCCC/C=C\CCCCCCCCCC. The van der Waals surface area contributed by atoms with Crippen LogP contribution in [-0.4, -0.2) is 37.2 Å². The molecule has 0 saturated carbocycles. The first-order chi connectivity index (χ1) is 39.5. The quantitative estimate of drug-likeness (QED) is 0.0261. The van der Waals surface area contributed by atoms with Crippen LogP contribution in [0.4, 0.5) is 0 Å². The molecule has 0 fully saturated rings. The summed E-state index contributed by atoms with van der Waals surface area (Å²) in [5.41, 5.74) is 0. The second kappa shape index (κ2) is 68.3. The van der Waals surface area contributed by atoms with Crippen LogP contribution in [0.3, 0.4) is 0 Å². The van der Waals surface area contributed by atoms with Crippen molar-refractivity contribution in [3.8, 4) is 0 Å². The lowest BCUT2D eigenvalue weighted by molar-refractivity contribution is -0.167. The van der Waals surface area contributed by atoms with Gasteiger partial charge < -0.3 is 14.2 Å². The molecule has 1 atom stereocenters. The zero-order chi connectivity index (χ0) is 57.8. The maximum absolute atomic E-state index is 13.0. The van der Waals surface area contributed by atoms with E-state index in [-0.39, 0.29) is 31.1 Å². The van der Waals surface area contributed by atoms with Gasteiger partial charge in [0.1, 0.15) is 13.2 Å². The molecule has 6 heteroatoms. The minimum Gasteiger partial charge on any atom is -0.462 e. The Balaban J connectivity index is 4.33. The summed E-state index contributed by atoms with van der Waals surface area (Å²) < 4.78 is 17.0. The number of rotatable bonds is 64. The van der Waals surface area contributed by atoms with Gasteiger partial charge in [-0.15, -0.1) is 0 Å². The summed E-state index contributed by atoms with van der Waals surface area (Å²) >= 11 is 0. The van der Waals surface area contributed by atoms with Gasteiger partial charge in [0.05, 0.1) is 0 Å². The van der Waals surface area contributed by atoms with E-state index in [1.807, 2.05) is 0 Å². The fraction of sp³-hybridized carbons (Fsp3) is 0.797.